The fraction of sp³-hybridized carbons (Fsp3) is 0.182. The summed E-state index contributed by atoms with van der Waals surface area (Å²) in [5, 5.41) is 13.5. The molecule has 31 heavy (non-hydrogen) atoms. The molecule has 0 unspecified atom stereocenters. The van der Waals surface area contributed by atoms with Gasteiger partial charge in [-0.25, -0.2) is 10.4 Å². The molecule has 0 amide bonds. The summed E-state index contributed by atoms with van der Waals surface area (Å²) in [7, 11) is 0. The number of benzene rings is 2. The second-order valence-electron chi connectivity index (χ2n) is 6.54. The van der Waals surface area contributed by atoms with Crippen LogP contribution >= 0.6 is 0 Å². The molecule has 3 aromatic rings. The van der Waals surface area contributed by atoms with E-state index in [0.717, 1.165) is 5.56 Å². The Labute approximate surface area is 177 Å². The maximum Gasteiger partial charge on any atom is 0.270 e. The highest BCUT2D eigenvalue weighted by Crippen LogP contribution is 2.19. The number of hydrogen-bond donors (Lipinski definition) is 2. The largest absolute Gasteiger partial charge is 0.488 e. The smallest absolute Gasteiger partial charge is 0.270 e. The standard InChI is InChI=1S/C22H19N5O4/c23-12-18-20(16-6-2-1-3-7-16)25-22(26-21(18)28)27-24-13-15-5-4-8-17(11-15)31-14-19-29-9-10-30-19/h1-8,11,13,19H,9-10,14H2,(H2,25,26,27,28). The quantitative estimate of drug-likeness (QED) is 0.447. The molecule has 1 aliphatic heterocycles. The maximum atomic E-state index is 12.3. The van der Waals surface area contributed by atoms with Gasteiger partial charge < -0.3 is 14.2 Å². The van der Waals surface area contributed by atoms with Gasteiger partial charge in [0, 0.05) is 5.56 Å². The summed E-state index contributed by atoms with van der Waals surface area (Å²) in [5.41, 5.74) is 3.84. The van der Waals surface area contributed by atoms with Gasteiger partial charge in [-0.2, -0.15) is 10.4 Å². The van der Waals surface area contributed by atoms with Crippen molar-refractivity contribution in [3.8, 4) is 23.1 Å². The van der Waals surface area contributed by atoms with Crippen molar-refractivity contribution in [2.75, 3.05) is 25.2 Å². The van der Waals surface area contributed by atoms with Gasteiger partial charge in [0.15, 0.2) is 6.29 Å². The van der Waals surface area contributed by atoms with Crippen molar-refractivity contribution >= 4 is 12.2 Å². The van der Waals surface area contributed by atoms with E-state index in [-0.39, 0.29) is 23.5 Å². The van der Waals surface area contributed by atoms with Gasteiger partial charge in [0.1, 0.15) is 24.0 Å². The van der Waals surface area contributed by atoms with Crippen LogP contribution in [0, 0.1) is 11.3 Å². The Hall–Kier alpha value is -4.00. The first kappa shape index (κ1) is 20.3. The van der Waals surface area contributed by atoms with Crippen LogP contribution in [0.3, 0.4) is 0 Å². The number of anilines is 1. The fourth-order valence-electron chi connectivity index (χ4n) is 2.96. The molecule has 9 nitrogen and oxygen atoms in total. The van der Waals surface area contributed by atoms with E-state index in [0.29, 0.717) is 31.1 Å². The van der Waals surface area contributed by atoms with Crippen LogP contribution in [0.4, 0.5) is 5.95 Å². The number of H-pyrrole nitrogens is 1. The van der Waals surface area contributed by atoms with Crippen molar-refractivity contribution in [2.24, 2.45) is 5.10 Å². The van der Waals surface area contributed by atoms with Crippen LogP contribution in [0.1, 0.15) is 11.1 Å². The van der Waals surface area contributed by atoms with Crippen LogP contribution in [0.25, 0.3) is 11.3 Å². The molecule has 0 aliphatic carbocycles. The van der Waals surface area contributed by atoms with Crippen molar-refractivity contribution in [1.29, 1.82) is 5.26 Å². The van der Waals surface area contributed by atoms with Gasteiger partial charge in [0.05, 0.1) is 25.1 Å². The van der Waals surface area contributed by atoms with Gasteiger partial charge in [-0.05, 0) is 17.7 Å². The highest BCUT2D eigenvalue weighted by Gasteiger charge is 2.16. The highest BCUT2D eigenvalue weighted by molar-refractivity contribution is 5.80. The molecule has 0 bridgehead atoms. The van der Waals surface area contributed by atoms with Gasteiger partial charge >= 0.3 is 0 Å². The molecule has 2 heterocycles. The highest BCUT2D eigenvalue weighted by atomic mass is 16.7. The predicted octanol–water partition coefficient (Wildman–Crippen LogP) is 2.51. The molecular weight excluding hydrogens is 398 g/mol. The lowest BCUT2D eigenvalue weighted by Gasteiger charge is -2.11. The minimum Gasteiger partial charge on any atom is -0.488 e. The van der Waals surface area contributed by atoms with Crippen molar-refractivity contribution in [1.82, 2.24) is 9.97 Å². The Morgan fingerprint density at radius 1 is 1.23 bits per heavy atom. The third-order valence-electron chi connectivity index (χ3n) is 4.40. The normalized spacial score (nSPS) is 13.9. The van der Waals surface area contributed by atoms with Crippen LogP contribution in [-0.4, -0.2) is 42.3 Å². The molecular formula is C22H19N5O4. The third-order valence-corrected chi connectivity index (χ3v) is 4.40. The topological polar surface area (TPSA) is 122 Å². The summed E-state index contributed by atoms with van der Waals surface area (Å²) < 4.78 is 16.4. The number of ether oxygens (including phenoxy) is 3. The number of nitrogens with one attached hydrogen (secondary N) is 2. The molecule has 2 aromatic carbocycles. The SMILES string of the molecule is N#Cc1c(-c2ccccc2)nc(NN=Cc2cccc(OCC3OCCO3)c2)[nH]c1=O. The first-order chi connectivity index (χ1) is 15.2. The number of hydrogen-bond acceptors (Lipinski definition) is 8. The molecule has 1 aliphatic rings. The fourth-order valence-corrected chi connectivity index (χ4v) is 2.96. The lowest BCUT2D eigenvalue weighted by Crippen LogP contribution is -2.18. The van der Waals surface area contributed by atoms with Crippen molar-refractivity contribution < 1.29 is 14.2 Å². The van der Waals surface area contributed by atoms with Crippen LogP contribution in [0.15, 0.2) is 64.5 Å². The third kappa shape index (κ3) is 5.14. The Morgan fingerprint density at radius 2 is 2.03 bits per heavy atom. The van der Waals surface area contributed by atoms with Gasteiger partial charge in [0.2, 0.25) is 5.95 Å². The van der Waals surface area contributed by atoms with Crippen LogP contribution in [-0.2, 0) is 9.47 Å². The molecule has 9 heteroatoms. The summed E-state index contributed by atoms with van der Waals surface area (Å²) in [6, 6.07) is 18.3. The Morgan fingerprint density at radius 3 is 2.81 bits per heavy atom. The summed E-state index contributed by atoms with van der Waals surface area (Å²) in [6.07, 6.45) is 1.22. The zero-order valence-corrected chi connectivity index (χ0v) is 16.4. The van der Waals surface area contributed by atoms with E-state index in [1.54, 1.807) is 18.3 Å². The van der Waals surface area contributed by atoms with Gasteiger partial charge in [-0.15, -0.1) is 0 Å². The first-order valence-corrected chi connectivity index (χ1v) is 9.58. The molecule has 1 fully saturated rings. The Kier molecular flexibility index (Phi) is 6.32. The summed E-state index contributed by atoms with van der Waals surface area (Å²) in [5.74, 6) is 0.779. The number of nitriles is 1. The number of nitrogens with zero attached hydrogens (tertiary/aromatic N) is 3. The monoisotopic (exact) mass is 417 g/mol. The second kappa shape index (κ2) is 9.67. The number of aromatic nitrogens is 2. The van der Waals surface area contributed by atoms with Gasteiger partial charge in [-0.3, -0.25) is 9.78 Å². The molecule has 0 radical (unpaired) electrons. The van der Waals surface area contributed by atoms with E-state index < -0.39 is 5.56 Å². The van der Waals surface area contributed by atoms with E-state index in [2.05, 4.69) is 20.5 Å². The summed E-state index contributed by atoms with van der Waals surface area (Å²) >= 11 is 0. The molecule has 156 valence electrons. The lowest BCUT2D eigenvalue weighted by molar-refractivity contribution is -0.0684. The predicted molar refractivity (Wildman–Crippen MR) is 114 cm³/mol. The van der Waals surface area contributed by atoms with E-state index in [4.69, 9.17) is 14.2 Å². The lowest BCUT2D eigenvalue weighted by atomic mass is 10.1. The van der Waals surface area contributed by atoms with Gasteiger partial charge in [-0.1, -0.05) is 42.5 Å². The first-order valence-electron chi connectivity index (χ1n) is 9.58. The molecule has 0 spiro atoms. The molecule has 2 N–H and O–H groups in total. The Bertz CT molecular complexity index is 1160. The van der Waals surface area contributed by atoms with Crippen LogP contribution in [0.5, 0.6) is 5.75 Å². The van der Waals surface area contributed by atoms with E-state index in [9.17, 15) is 10.1 Å². The van der Waals surface area contributed by atoms with Crippen LogP contribution < -0.4 is 15.7 Å². The number of rotatable bonds is 7. The van der Waals surface area contributed by atoms with Crippen LogP contribution in [0.2, 0.25) is 0 Å². The molecule has 4 rings (SSSR count). The summed E-state index contributed by atoms with van der Waals surface area (Å²) in [6.45, 7) is 1.45. The molecule has 1 aromatic heterocycles. The zero-order valence-electron chi connectivity index (χ0n) is 16.4. The molecule has 1 saturated heterocycles. The number of hydrazone groups is 1. The molecule has 0 saturated carbocycles. The van der Waals surface area contributed by atoms with Crippen molar-refractivity contribution in [2.45, 2.75) is 6.29 Å². The number of aromatic amines is 1. The van der Waals surface area contributed by atoms with Crippen molar-refractivity contribution in [3.05, 3.63) is 76.1 Å². The minimum atomic E-state index is -0.541. The average molecular weight is 417 g/mol. The Balaban J connectivity index is 1.46. The van der Waals surface area contributed by atoms with E-state index in [1.165, 1.54) is 0 Å². The van der Waals surface area contributed by atoms with Gasteiger partial charge in [0.25, 0.3) is 5.56 Å². The average Bonchev–Trinajstić information content (AvgIpc) is 3.32. The van der Waals surface area contributed by atoms with E-state index in [1.807, 2.05) is 48.5 Å². The summed E-state index contributed by atoms with van der Waals surface area (Å²) in [4.78, 5) is 19.1. The zero-order chi connectivity index (χ0) is 21.5. The van der Waals surface area contributed by atoms with Crippen molar-refractivity contribution in [3.63, 3.8) is 0 Å². The second-order valence-corrected chi connectivity index (χ2v) is 6.54. The van der Waals surface area contributed by atoms with E-state index >= 15 is 0 Å². The molecule has 0 atom stereocenters. The minimum absolute atomic E-state index is 0.0548. The maximum absolute atomic E-state index is 12.3.